The fourth-order valence-corrected chi connectivity index (χ4v) is 2.95. The molecule has 0 bridgehead atoms. The number of hydrogen-bond donors (Lipinski definition) is 1. The van der Waals surface area contributed by atoms with E-state index in [0.29, 0.717) is 5.92 Å². The molecule has 0 amide bonds. The predicted octanol–water partition coefficient (Wildman–Crippen LogP) is 3.37. The lowest BCUT2D eigenvalue weighted by molar-refractivity contribution is 0.219. The van der Waals surface area contributed by atoms with Gasteiger partial charge in [-0.3, -0.25) is 4.90 Å². The molecule has 3 nitrogen and oxygen atoms in total. The molecule has 1 N–H and O–H groups in total. The SMILES string of the molecule is CCC1CN(Cc2c(C)cccc2C)CC/C1=N\O. The molecule has 0 saturated carbocycles. The molecule has 1 aromatic rings. The van der Waals surface area contributed by atoms with Crippen molar-refractivity contribution in [3.8, 4) is 0 Å². The van der Waals surface area contributed by atoms with Crippen molar-refractivity contribution >= 4 is 5.71 Å². The van der Waals surface area contributed by atoms with Crippen molar-refractivity contribution < 1.29 is 5.21 Å². The van der Waals surface area contributed by atoms with E-state index < -0.39 is 0 Å². The largest absolute Gasteiger partial charge is 0.411 e. The average Bonchev–Trinajstić information content (AvgIpc) is 2.42. The monoisotopic (exact) mass is 260 g/mol. The third kappa shape index (κ3) is 3.16. The van der Waals surface area contributed by atoms with Crippen LogP contribution in [-0.2, 0) is 6.54 Å². The van der Waals surface area contributed by atoms with E-state index in [2.05, 4.69) is 49.0 Å². The van der Waals surface area contributed by atoms with Gasteiger partial charge in [0.25, 0.3) is 0 Å². The van der Waals surface area contributed by atoms with Gasteiger partial charge >= 0.3 is 0 Å². The molecule has 1 unspecified atom stereocenters. The van der Waals surface area contributed by atoms with Gasteiger partial charge in [0.1, 0.15) is 0 Å². The summed E-state index contributed by atoms with van der Waals surface area (Å²) >= 11 is 0. The van der Waals surface area contributed by atoms with E-state index in [0.717, 1.165) is 38.2 Å². The maximum Gasteiger partial charge on any atom is 0.0627 e. The number of oxime groups is 1. The molecule has 1 aliphatic heterocycles. The van der Waals surface area contributed by atoms with Crippen LogP contribution in [0, 0.1) is 19.8 Å². The van der Waals surface area contributed by atoms with E-state index in [-0.39, 0.29) is 0 Å². The summed E-state index contributed by atoms with van der Waals surface area (Å²) in [6.07, 6.45) is 1.93. The van der Waals surface area contributed by atoms with Gasteiger partial charge in [-0.25, -0.2) is 0 Å². The Hall–Kier alpha value is -1.35. The number of benzene rings is 1. The van der Waals surface area contributed by atoms with Crippen LogP contribution >= 0.6 is 0 Å². The van der Waals surface area contributed by atoms with Gasteiger partial charge in [-0.1, -0.05) is 30.3 Å². The number of rotatable bonds is 3. The Morgan fingerprint density at radius 1 is 1.32 bits per heavy atom. The molecule has 1 aromatic carbocycles. The molecule has 0 aliphatic carbocycles. The van der Waals surface area contributed by atoms with Crippen molar-refractivity contribution in [1.82, 2.24) is 4.90 Å². The third-order valence-electron chi connectivity index (χ3n) is 4.28. The summed E-state index contributed by atoms with van der Waals surface area (Å²) in [4.78, 5) is 2.48. The second-order valence-electron chi connectivity index (χ2n) is 5.55. The highest BCUT2D eigenvalue weighted by atomic mass is 16.4. The number of piperidine rings is 1. The van der Waals surface area contributed by atoms with Gasteiger partial charge in [-0.2, -0.15) is 0 Å². The van der Waals surface area contributed by atoms with Gasteiger partial charge in [0, 0.05) is 32.0 Å². The molecular formula is C16H24N2O. The zero-order valence-corrected chi connectivity index (χ0v) is 12.2. The summed E-state index contributed by atoms with van der Waals surface area (Å²) in [7, 11) is 0. The molecule has 2 rings (SSSR count). The minimum atomic E-state index is 0.406. The maximum absolute atomic E-state index is 9.03. The summed E-state index contributed by atoms with van der Waals surface area (Å²) in [6, 6.07) is 6.49. The van der Waals surface area contributed by atoms with Crippen molar-refractivity contribution in [2.75, 3.05) is 13.1 Å². The number of likely N-dealkylation sites (tertiary alicyclic amines) is 1. The summed E-state index contributed by atoms with van der Waals surface area (Å²) in [6.45, 7) is 9.54. The molecule has 3 heteroatoms. The van der Waals surface area contributed by atoms with Gasteiger partial charge in [-0.05, 0) is 37.0 Å². The Bertz CT molecular complexity index is 448. The molecule has 1 heterocycles. The van der Waals surface area contributed by atoms with Crippen LogP contribution in [0.1, 0.15) is 36.5 Å². The van der Waals surface area contributed by atoms with E-state index in [1.54, 1.807) is 0 Å². The van der Waals surface area contributed by atoms with Crippen molar-refractivity contribution in [1.29, 1.82) is 0 Å². The van der Waals surface area contributed by atoms with Crippen molar-refractivity contribution in [2.45, 2.75) is 40.2 Å². The van der Waals surface area contributed by atoms with Crippen LogP contribution in [0.25, 0.3) is 0 Å². The first-order chi connectivity index (χ1) is 9.15. The Morgan fingerprint density at radius 2 is 2.00 bits per heavy atom. The van der Waals surface area contributed by atoms with Crippen molar-refractivity contribution in [2.24, 2.45) is 11.1 Å². The summed E-state index contributed by atoms with van der Waals surface area (Å²) in [5.41, 5.74) is 5.16. The van der Waals surface area contributed by atoms with E-state index >= 15 is 0 Å². The molecule has 0 aromatic heterocycles. The Kier molecular flexibility index (Phi) is 4.59. The Labute approximate surface area is 115 Å². The number of nitrogens with zero attached hydrogens (tertiary/aromatic N) is 2. The van der Waals surface area contributed by atoms with Gasteiger partial charge in [0.05, 0.1) is 5.71 Å². The maximum atomic E-state index is 9.03. The molecular weight excluding hydrogens is 236 g/mol. The van der Waals surface area contributed by atoms with E-state index in [1.165, 1.54) is 16.7 Å². The van der Waals surface area contributed by atoms with Crippen LogP contribution in [0.2, 0.25) is 0 Å². The highest BCUT2D eigenvalue weighted by Gasteiger charge is 2.25. The zero-order chi connectivity index (χ0) is 13.8. The van der Waals surface area contributed by atoms with Crippen LogP contribution < -0.4 is 0 Å². The van der Waals surface area contributed by atoms with Crippen molar-refractivity contribution in [3.05, 3.63) is 34.9 Å². The first-order valence-corrected chi connectivity index (χ1v) is 7.14. The Balaban J connectivity index is 2.09. The molecule has 0 spiro atoms. The minimum absolute atomic E-state index is 0.406. The Morgan fingerprint density at radius 3 is 2.58 bits per heavy atom. The van der Waals surface area contributed by atoms with Crippen LogP contribution in [0.5, 0.6) is 0 Å². The second-order valence-corrected chi connectivity index (χ2v) is 5.55. The fraction of sp³-hybridized carbons (Fsp3) is 0.562. The van der Waals surface area contributed by atoms with Gasteiger partial charge in [0.15, 0.2) is 0 Å². The topological polar surface area (TPSA) is 35.8 Å². The standard InChI is InChI=1S/C16H24N2O/c1-4-14-10-18(9-8-16(14)17-19)11-15-12(2)6-5-7-13(15)3/h5-7,14,19H,4,8-11H2,1-3H3/b17-16+. The third-order valence-corrected chi connectivity index (χ3v) is 4.28. The van der Waals surface area contributed by atoms with Gasteiger partial charge < -0.3 is 5.21 Å². The van der Waals surface area contributed by atoms with Gasteiger partial charge in [0.2, 0.25) is 0 Å². The van der Waals surface area contributed by atoms with E-state index in [9.17, 15) is 0 Å². The van der Waals surface area contributed by atoms with Crippen LogP contribution in [0.3, 0.4) is 0 Å². The molecule has 1 fully saturated rings. The summed E-state index contributed by atoms with van der Waals surface area (Å²) in [5.74, 6) is 0.406. The predicted molar refractivity (Wildman–Crippen MR) is 78.8 cm³/mol. The molecule has 19 heavy (non-hydrogen) atoms. The lowest BCUT2D eigenvalue weighted by Crippen LogP contribution is -2.40. The second kappa shape index (κ2) is 6.20. The molecule has 1 aliphatic rings. The zero-order valence-electron chi connectivity index (χ0n) is 12.2. The molecule has 1 atom stereocenters. The fourth-order valence-electron chi connectivity index (χ4n) is 2.95. The normalized spacial score (nSPS) is 22.9. The summed E-state index contributed by atoms with van der Waals surface area (Å²) < 4.78 is 0. The lowest BCUT2D eigenvalue weighted by Gasteiger charge is -2.33. The van der Waals surface area contributed by atoms with Gasteiger partial charge in [-0.15, -0.1) is 0 Å². The van der Waals surface area contributed by atoms with E-state index in [1.807, 2.05) is 0 Å². The smallest absolute Gasteiger partial charge is 0.0627 e. The molecule has 1 saturated heterocycles. The number of aryl methyl sites for hydroxylation is 2. The quantitative estimate of drug-likeness (QED) is 0.668. The molecule has 0 radical (unpaired) electrons. The average molecular weight is 260 g/mol. The van der Waals surface area contributed by atoms with E-state index in [4.69, 9.17) is 5.21 Å². The first-order valence-electron chi connectivity index (χ1n) is 7.14. The lowest BCUT2D eigenvalue weighted by atomic mass is 9.92. The molecule has 104 valence electrons. The summed E-state index contributed by atoms with van der Waals surface area (Å²) in [5, 5.41) is 12.5. The van der Waals surface area contributed by atoms with Crippen LogP contribution in [0.15, 0.2) is 23.4 Å². The first kappa shape index (κ1) is 14.1. The minimum Gasteiger partial charge on any atom is -0.411 e. The van der Waals surface area contributed by atoms with Crippen molar-refractivity contribution in [3.63, 3.8) is 0 Å². The number of hydrogen-bond acceptors (Lipinski definition) is 3. The van der Waals surface area contributed by atoms with Crippen LogP contribution in [-0.4, -0.2) is 28.9 Å². The van der Waals surface area contributed by atoms with Crippen LogP contribution in [0.4, 0.5) is 0 Å². The highest BCUT2D eigenvalue weighted by Crippen LogP contribution is 2.22. The highest BCUT2D eigenvalue weighted by molar-refractivity contribution is 5.87.